The zero-order valence-electron chi connectivity index (χ0n) is 11.8. The van der Waals surface area contributed by atoms with Crippen molar-refractivity contribution in [1.82, 2.24) is 0 Å². The van der Waals surface area contributed by atoms with E-state index in [4.69, 9.17) is 0 Å². The second kappa shape index (κ2) is 5.33. The molecule has 0 aliphatic rings. The molecule has 0 bridgehead atoms. The molecule has 0 fully saturated rings. The number of rotatable bonds is 3. The van der Waals surface area contributed by atoms with Crippen LogP contribution in [0.25, 0.3) is 0 Å². The number of aromatic hydroxyl groups is 3. The maximum absolute atomic E-state index is 9.87. The van der Waals surface area contributed by atoms with Gasteiger partial charge in [0, 0.05) is 17.3 Å². The zero-order valence-corrected chi connectivity index (χ0v) is 11.8. The Balaban J connectivity index is 2.27. The minimum Gasteiger partial charge on any atom is -0.508 e. The highest BCUT2D eigenvalue weighted by atomic mass is 16.3. The average molecular weight is 273 g/mol. The van der Waals surface area contributed by atoms with Gasteiger partial charge in [-0.25, -0.2) is 0 Å². The first-order chi connectivity index (χ1) is 9.38. The lowest BCUT2D eigenvalue weighted by molar-refractivity contribution is 0.444. The van der Waals surface area contributed by atoms with Crippen LogP contribution in [0.5, 0.6) is 17.2 Å². The van der Waals surface area contributed by atoms with E-state index < -0.39 is 0 Å². The molecule has 1 unspecified atom stereocenters. The number of anilines is 1. The van der Waals surface area contributed by atoms with Crippen molar-refractivity contribution < 1.29 is 15.3 Å². The van der Waals surface area contributed by atoms with Gasteiger partial charge in [0.05, 0.1) is 6.04 Å². The summed E-state index contributed by atoms with van der Waals surface area (Å²) >= 11 is 0. The molecule has 2 aromatic rings. The molecule has 0 radical (unpaired) electrons. The van der Waals surface area contributed by atoms with Gasteiger partial charge in [0.2, 0.25) is 0 Å². The van der Waals surface area contributed by atoms with Crippen molar-refractivity contribution in [3.8, 4) is 17.2 Å². The molecule has 0 aliphatic heterocycles. The highest BCUT2D eigenvalue weighted by molar-refractivity contribution is 5.58. The van der Waals surface area contributed by atoms with E-state index in [0.29, 0.717) is 5.56 Å². The second-order valence-corrected chi connectivity index (χ2v) is 5.06. The Bertz CT molecular complexity index is 638. The molecule has 4 nitrogen and oxygen atoms in total. The van der Waals surface area contributed by atoms with Gasteiger partial charge < -0.3 is 20.6 Å². The lowest BCUT2D eigenvalue weighted by Crippen LogP contribution is -2.08. The summed E-state index contributed by atoms with van der Waals surface area (Å²) in [5.74, 6) is 0.362. The van der Waals surface area contributed by atoms with Crippen LogP contribution in [-0.4, -0.2) is 15.3 Å². The molecular formula is C16H19NO3. The van der Waals surface area contributed by atoms with Crippen molar-refractivity contribution in [3.05, 3.63) is 47.0 Å². The summed E-state index contributed by atoms with van der Waals surface area (Å²) in [6, 6.07) is 8.01. The summed E-state index contributed by atoms with van der Waals surface area (Å²) < 4.78 is 0. The fourth-order valence-corrected chi connectivity index (χ4v) is 2.17. The van der Waals surface area contributed by atoms with E-state index in [9.17, 15) is 15.3 Å². The molecule has 0 spiro atoms. The molecule has 0 saturated heterocycles. The third-order valence-electron chi connectivity index (χ3n) is 3.40. The fraction of sp³-hybridized carbons (Fsp3) is 0.250. The summed E-state index contributed by atoms with van der Waals surface area (Å²) in [4.78, 5) is 0. The molecule has 20 heavy (non-hydrogen) atoms. The lowest BCUT2D eigenvalue weighted by Gasteiger charge is -2.19. The van der Waals surface area contributed by atoms with Crippen LogP contribution >= 0.6 is 0 Å². The Morgan fingerprint density at radius 2 is 1.60 bits per heavy atom. The van der Waals surface area contributed by atoms with Crippen LogP contribution in [0.15, 0.2) is 30.3 Å². The number of hydrogen-bond acceptors (Lipinski definition) is 4. The topological polar surface area (TPSA) is 72.7 Å². The molecule has 0 amide bonds. The third kappa shape index (κ3) is 2.79. The van der Waals surface area contributed by atoms with Gasteiger partial charge in [0.15, 0.2) is 0 Å². The standard InChI is InChI=1S/C16H19NO3/c1-9-7-15(19)10(2)6-14(9)17-11(3)13-5-4-12(18)8-16(13)20/h4-8,11,17-20H,1-3H3. The van der Waals surface area contributed by atoms with E-state index in [0.717, 1.165) is 16.8 Å². The van der Waals surface area contributed by atoms with Crippen molar-refractivity contribution in [3.63, 3.8) is 0 Å². The normalized spacial score (nSPS) is 12.2. The number of phenols is 3. The van der Waals surface area contributed by atoms with Crippen LogP contribution in [0.3, 0.4) is 0 Å². The quantitative estimate of drug-likeness (QED) is 0.645. The van der Waals surface area contributed by atoms with Crippen LogP contribution in [0.2, 0.25) is 0 Å². The Morgan fingerprint density at radius 1 is 0.900 bits per heavy atom. The van der Waals surface area contributed by atoms with Crippen molar-refractivity contribution >= 4 is 5.69 Å². The Kier molecular flexibility index (Phi) is 3.74. The minimum atomic E-state index is -0.127. The molecule has 1 atom stereocenters. The first-order valence-corrected chi connectivity index (χ1v) is 6.47. The van der Waals surface area contributed by atoms with Gasteiger partial charge in [-0.1, -0.05) is 0 Å². The van der Waals surface area contributed by atoms with Crippen LogP contribution in [-0.2, 0) is 0 Å². The predicted molar refractivity (Wildman–Crippen MR) is 79.4 cm³/mol. The molecule has 0 heterocycles. The highest BCUT2D eigenvalue weighted by Gasteiger charge is 2.12. The molecule has 0 aromatic heterocycles. The summed E-state index contributed by atoms with van der Waals surface area (Å²) in [5.41, 5.74) is 3.33. The number of aryl methyl sites for hydroxylation is 2. The molecule has 0 aliphatic carbocycles. The minimum absolute atomic E-state index is 0.0371. The average Bonchev–Trinajstić information content (AvgIpc) is 2.35. The molecule has 106 valence electrons. The monoisotopic (exact) mass is 273 g/mol. The van der Waals surface area contributed by atoms with Crippen LogP contribution in [0.4, 0.5) is 5.69 Å². The maximum Gasteiger partial charge on any atom is 0.124 e. The smallest absolute Gasteiger partial charge is 0.124 e. The maximum atomic E-state index is 9.87. The molecule has 0 saturated carbocycles. The van der Waals surface area contributed by atoms with E-state index in [-0.39, 0.29) is 23.3 Å². The van der Waals surface area contributed by atoms with Crippen molar-refractivity contribution in [2.24, 2.45) is 0 Å². The Morgan fingerprint density at radius 3 is 2.25 bits per heavy atom. The van der Waals surface area contributed by atoms with Gasteiger partial charge in [-0.2, -0.15) is 0 Å². The molecule has 2 rings (SSSR count). The highest BCUT2D eigenvalue weighted by Crippen LogP contribution is 2.32. The van der Waals surface area contributed by atoms with Crippen molar-refractivity contribution in [2.75, 3.05) is 5.32 Å². The third-order valence-corrected chi connectivity index (χ3v) is 3.40. The molecule has 4 heteroatoms. The SMILES string of the molecule is Cc1cc(NC(C)c2ccc(O)cc2O)c(C)cc1O. The molecular weight excluding hydrogens is 254 g/mol. The van der Waals surface area contributed by atoms with E-state index >= 15 is 0 Å². The molecule has 4 N–H and O–H groups in total. The van der Waals surface area contributed by atoms with Crippen molar-refractivity contribution in [1.29, 1.82) is 0 Å². The summed E-state index contributed by atoms with van der Waals surface area (Å²) in [5, 5.41) is 32.1. The Labute approximate surface area is 118 Å². The number of benzene rings is 2. The lowest BCUT2D eigenvalue weighted by atomic mass is 10.0. The van der Waals surface area contributed by atoms with Crippen LogP contribution < -0.4 is 5.32 Å². The van der Waals surface area contributed by atoms with E-state index in [1.807, 2.05) is 26.8 Å². The number of nitrogens with one attached hydrogen (secondary N) is 1. The van der Waals surface area contributed by atoms with Gasteiger partial charge in [-0.3, -0.25) is 0 Å². The summed E-state index contributed by atoms with van der Waals surface area (Å²) in [7, 11) is 0. The van der Waals surface area contributed by atoms with E-state index in [1.54, 1.807) is 18.2 Å². The summed E-state index contributed by atoms with van der Waals surface area (Å²) in [6.07, 6.45) is 0. The van der Waals surface area contributed by atoms with Gasteiger partial charge in [0.1, 0.15) is 17.2 Å². The first-order valence-electron chi connectivity index (χ1n) is 6.47. The van der Waals surface area contributed by atoms with E-state index in [1.165, 1.54) is 6.07 Å². The van der Waals surface area contributed by atoms with Crippen LogP contribution in [0.1, 0.15) is 29.7 Å². The van der Waals surface area contributed by atoms with E-state index in [2.05, 4.69) is 5.32 Å². The fourth-order valence-electron chi connectivity index (χ4n) is 2.17. The predicted octanol–water partition coefficient (Wildman–Crippen LogP) is 3.59. The number of phenolic OH excluding ortho intramolecular Hbond substituents is 3. The van der Waals surface area contributed by atoms with Gasteiger partial charge in [-0.15, -0.1) is 0 Å². The van der Waals surface area contributed by atoms with Gasteiger partial charge >= 0.3 is 0 Å². The summed E-state index contributed by atoms with van der Waals surface area (Å²) in [6.45, 7) is 5.67. The second-order valence-electron chi connectivity index (χ2n) is 5.06. The van der Waals surface area contributed by atoms with Crippen LogP contribution in [0, 0.1) is 13.8 Å². The Hall–Kier alpha value is -2.36. The van der Waals surface area contributed by atoms with Gasteiger partial charge in [-0.05, 0) is 56.2 Å². The first kappa shape index (κ1) is 14.1. The molecule has 2 aromatic carbocycles. The largest absolute Gasteiger partial charge is 0.508 e. The number of hydrogen-bond donors (Lipinski definition) is 4. The van der Waals surface area contributed by atoms with Gasteiger partial charge in [0.25, 0.3) is 0 Å². The zero-order chi connectivity index (χ0) is 14.9. The van der Waals surface area contributed by atoms with Crippen molar-refractivity contribution in [2.45, 2.75) is 26.8 Å².